The molecule has 0 aliphatic carbocycles. The maximum Gasteiger partial charge on any atom is 0.113 e. The molecule has 0 saturated carbocycles. The van der Waals surface area contributed by atoms with Crippen molar-refractivity contribution in [3.63, 3.8) is 0 Å². The van der Waals surface area contributed by atoms with Crippen molar-refractivity contribution in [1.29, 1.82) is 0 Å². The number of aliphatic imine (C=N–C) groups is 1. The molecule has 1 aromatic carbocycles. The highest BCUT2D eigenvalue weighted by molar-refractivity contribution is 5.59. The molecule has 0 saturated heterocycles. The van der Waals surface area contributed by atoms with Crippen LogP contribution in [0.5, 0.6) is 0 Å². The van der Waals surface area contributed by atoms with Crippen LogP contribution < -0.4 is 5.48 Å². The van der Waals surface area contributed by atoms with E-state index in [1.165, 1.54) is 44.0 Å². The summed E-state index contributed by atoms with van der Waals surface area (Å²) in [6.45, 7) is 2.24. The van der Waals surface area contributed by atoms with Crippen LogP contribution in [-0.4, -0.2) is 11.5 Å². The van der Waals surface area contributed by atoms with Crippen LogP contribution in [0.3, 0.4) is 0 Å². The van der Waals surface area contributed by atoms with Crippen molar-refractivity contribution in [2.45, 2.75) is 45.4 Å². The standard InChI is InChI=1S/C14H22N2O/c1-2-3-4-5-6-7-13-8-10-14(11-9-13)15-12-16-17/h8-12,17H,2-7H2,1H3,(H,15,16). The average molecular weight is 234 g/mol. The van der Waals surface area contributed by atoms with Gasteiger partial charge in [0.15, 0.2) is 0 Å². The van der Waals surface area contributed by atoms with E-state index in [1.54, 1.807) is 0 Å². The molecule has 1 aromatic rings. The Hall–Kier alpha value is -1.35. The summed E-state index contributed by atoms with van der Waals surface area (Å²) in [6.07, 6.45) is 8.99. The Kier molecular flexibility index (Phi) is 7.07. The van der Waals surface area contributed by atoms with Crippen LogP contribution in [0.15, 0.2) is 29.3 Å². The van der Waals surface area contributed by atoms with Gasteiger partial charge in [0.05, 0.1) is 5.69 Å². The van der Waals surface area contributed by atoms with Gasteiger partial charge in [0.2, 0.25) is 0 Å². The smallest absolute Gasteiger partial charge is 0.113 e. The number of hydroxylamine groups is 1. The Morgan fingerprint density at radius 3 is 2.47 bits per heavy atom. The number of hydrogen-bond donors (Lipinski definition) is 2. The number of aryl methyl sites for hydroxylation is 1. The highest BCUT2D eigenvalue weighted by atomic mass is 16.5. The van der Waals surface area contributed by atoms with Gasteiger partial charge in [0.25, 0.3) is 0 Å². The van der Waals surface area contributed by atoms with Crippen LogP contribution in [0.1, 0.15) is 44.6 Å². The Labute approximate surface area is 104 Å². The second-order valence-electron chi connectivity index (χ2n) is 4.22. The maximum atomic E-state index is 8.37. The zero-order valence-electron chi connectivity index (χ0n) is 10.5. The second-order valence-corrected chi connectivity index (χ2v) is 4.22. The molecule has 0 atom stereocenters. The van der Waals surface area contributed by atoms with Gasteiger partial charge in [-0.1, -0.05) is 44.7 Å². The first kappa shape index (κ1) is 13.7. The first-order valence-corrected chi connectivity index (χ1v) is 6.38. The van der Waals surface area contributed by atoms with Crippen molar-refractivity contribution in [1.82, 2.24) is 5.48 Å². The van der Waals surface area contributed by atoms with Gasteiger partial charge in [-0.25, -0.2) is 4.99 Å². The maximum absolute atomic E-state index is 8.37. The van der Waals surface area contributed by atoms with E-state index in [0.29, 0.717) is 0 Å². The van der Waals surface area contributed by atoms with Crippen molar-refractivity contribution in [2.75, 3.05) is 0 Å². The van der Waals surface area contributed by atoms with Crippen molar-refractivity contribution in [3.05, 3.63) is 29.8 Å². The van der Waals surface area contributed by atoms with Crippen LogP contribution in [0, 0.1) is 0 Å². The Balaban J connectivity index is 2.28. The van der Waals surface area contributed by atoms with Crippen molar-refractivity contribution in [3.8, 4) is 0 Å². The van der Waals surface area contributed by atoms with Crippen molar-refractivity contribution >= 4 is 12.0 Å². The van der Waals surface area contributed by atoms with E-state index in [0.717, 1.165) is 12.1 Å². The van der Waals surface area contributed by atoms with Crippen molar-refractivity contribution < 1.29 is 5.21 Å². The van der Waals surface area contributed by atoms with E-state index in [-0.39, 0.29) is 0 Å². The van der Waals surface area contributed by atoms with Crippen LogP contribution in [0.25, 0.3) is 0 Å². The van der Waals surface area contributed by atoms with E-state index in [1.807, 2.05) is 17.6 Å². The average Bonchev–Trinajstić information content (AvgIpc) is 2.37. The zero-order chi connectivity index (χ0) is 12.3. The molecule has 94 valence electrons. The molecule has 0 aromatic heterocycles. The minimum atomic E-state index is 0.848. The first-order valence-electron chi connectivity index (χ1n) is 6.38. The summed E-state index contributed by atoms with van der Waals surface area (Å²) in [4.78, 5) is 4.00. The van der Waals surface area contributed by atoms with Gasteiger partial charge in [-0.05, 0) is 30.5 Å². The molecule has 0 spiro atoms. The van der Waals surface area contributed by atoms with Gasteiger partial charge in [-0.2, -0.15) is 0 Å². The van der Waals surface area contributed by atoms with Crippen LogP contribution in [0.2, 0.25) is 0 Å². The molecule has 0 bridgehead atoms. The van der Waals surface area contributed by atoms with Gasteiger partial charge in [-0.3, -0.25) is 10.7 Å². The van der Waals surface area contributed by atoms with E-state index < -0.39 is 0 Å². The lowest BCUT2D eigenvalue weighted by Crippen LogP contribution is -2.00. The van der Waals surface area contributed by atoms with Gasteiger partial charge in [0.1, 0.15) is 6.34 Å². The van der Waals surface area contributed by atoms with E-state index >= 15 is 0 Å². The van der Waals surface area contributed by atoms with Gasteiger partial charge in [0, 0.05) is 0 Å². The lowest BCUT2D eigenvalue weighted by atomic mass is 10.1. The summed E-state index contributed by atoms with van der Waals surface area (Å²) in [5, 5.41) is 8.37. The predicted octanol–water partition coefficient (Wildman–Crippen LogP) is 3.84. The number of rotatable bonds is 8. The summed E-state index contributed by atoms with van der Waals surface area (Å²) in [7, 11) is 0. The van der Waals surface area contributed by atoms with Crippen LogP contribution in [0.4, 0.5) is 5.69 Å². The quantitative estimate of drug-likeness (QED) is 0.311. The molecular formula is C14H22N2O. The van der Waals surface area contributed by atoms with E-state index in [9.17, 15) is 0 Å². The van der Waals surface area contributed by atoms with Crippen molar-refractivity contribution in [2.24, 2.45) is 4.99 Å². The molecule has 0 aliphatic rings. The third-order valence-corrected chi connectivity index (χ3v) is 2.78. The molecule has 0 unspecified atom stereocenters. The normalized spacial score (nSPS) is 10.9. The second kappa shape index (κ2) is 8.76. The molecule has 0 radical (unpaired) electrons. The molecule has 1 rings (SSSR count). The van der Waals surface area contributed by atoms with Gasteiger partial charge >= 0.3 is 0 Å². The van der Waals surface area contributed by atoms with Gasteiger partial charge < -0.3 is 0 Å². The third-order valence-electron chi connectivity index (χ3n) is 2.78. The molecule has 0 aliphatic heterocycles. The summed E-state index contributed by atoms with van der Waals surface area (Å²) in [5.74, 6) is 0. The molecule has 0 heterocycles. The fraction of sp³-hybridized carbons (Fsp3) is 0.500. The van der Waals surface area contributed by atoms with Crippen LogP contribution in [-0.2, 0) is 6.42 Å². The van der Waals surface area contributed by atoms with Gasteiger partial charge in [-0.15, -0.1) is 0 Å². The number of hydrogen-bond acceptors (Lipinski definition) is 2. The predicted molar refractivity (Wildman–Crippen MR) is 72.0 cm³/mol. The molecule has 0 amide bonds. The molecule has 2 N–H and O–H groups in total. The lowest BCUT2D eigenvalue weighted by molar-refractivity contribution is 0.240. The topological polar surface area (TPSA) is 44.6 Å². The Morgan fingerprint density at radius 2 is 1.82 bits per heavy atom. The number of nitrogens with one attached hydrogen (secondary N) is 1. The summed E-state index contributed by atoms with van der Waals surface area (Å²) < 4.78 is 0. The van der Waals surface area contributed by atoms with E-state index in [4.69, 9.17) is 5.21 Å². The minimum absolute atomic E-state index is 0.848. The highest BCUT2D eigenvalue weighted by Gasteiger charge is 1.94. The molecular weight excluding hydrogens is 212 g/mol. The number of unbranched alkanes of at least 4 members (excludes halogenated alkanes) is 4. The minimum Gasteiger partial charge on any atom is -0.290 e. The summed E-state index contributed by atoms with van der Waals surface area (Å²) in [6, 6.07) is 8.14. The molecule has 17 heavy (non-hydrogen) atoms. The van der Waals surface area contributed by atoms with E-state index in [2.05, 4.69) is 24.0 Å². The monoisotopic (exact) mass is 234 g/mol. The Morgan fingerprint density at radius 1 is 1.12 bits per heavy atom. The first-order chi connectivity index (χ1) is 8.36. The van der Waals surface area contributed by atoms with Crippen LogP contribution >= 0.6 is 0 Å². The SMILES string of the molecule is CCCCCCCc1ccc(N=CNO)cc1. The molecule has 3 heteroatoms. The molecule has 3 nitrogen and oxygen atoms in total. The fourth-order valence-electron chi connectivity index (χ4n) is 1.78. The summed E-state index contributed by atoms with van der Waals surface area (Å²) in [5.41, 5.74) is 4.10. The number of benzene rings is 1. The Bertz CT molecular complexity index is 319. The zero-order valence-corrected chi connectivity index (χ0v) is 10.5. The highest BCUT2D eigenvalue weighted by Crippen LogP contribution is 2.14. The fourth-order valence-corrected chi connectivity index (χ4v) is 1.78. The summed E-state index contributed by atoms with van der Waals surface area (Å²) >= 11 is 0. The largest absolute Gasteiger partial charge is 0.290 e. The third kappa shape index (κ3) is 6.07. The molecule has 0 fully saturated rings. The lowest BCUT2D eigenvalue weighted by Gasteiger charge is -2.02. The number of nitrogens with zero attached hydrogens (tertiary/aromatic N) is 1.